The van der Waals surface area contributed by atoms with Gasteiger partial charge in [0.15, 0.2) is 0 Å². The van der Waals surface area contributed by atoms with Crippen molar-refractivity contribution in [3.63, 3.8) is 0 Å². The second kappa shape index (κ2) is 5.35. The largest absolute Gasteiger partial charge is 0.379 e. The van der Waals surface area contributed by atoms with E-state index in [1.54, 1.807) is 4.68 Å². The number of nitrogens with zero attached hydrogens (tertiary/aromatic N) is 2. The lowest BCUT2D eigenvalue weighted by Crippen LogP contribution is -2.06. The first kappa shape index (κ1) is 12.2. The van der Waals surface area contributed by atoms with Gasteiger partial charge in [0.05, 0.1) is 12.2 Å². The van der Waals surface area contributed by atoms with Crippen LogP contribution in [-0.4, -0.2) is 15.7 Å². The summed E-state index contributed by atoms with van der Waals surface area (Å²) in [5, 5.41) is 10.3. The Morgan fingerprint density at radius 1 is 1.33 bits per heavy atom. The third kappa shape index (κ3) is 3.35. The lowest BCUT2D eigenvalue weighted by atomic mass is 10.2. The maximum atomic E-state index is 11.0. The minimum absolute atomic E-state index is 0.0723. The summed E-state index contributed by atoms with van der Waals surface area (Å²) in [6.45, 7) is 2.15. The minimum atomic E-state index is -0.0723. The van der Waals surface area contributed by atoms with Gasteiger partial charge in [-0.1, -0.05) is 6.07 Å². The van der Waals surface area contributed by atoms with Crippen molar-refractivity contribution < 1.29 is 4.79 Å². The second-order valence-electron chi connectivity index (χ2n) is 4.10. The average Bonchev–Trinajstić information content (AvgIpc) is 2.72. The SMILES string of the molecule is CC(=O)Nc1cccc(NCc2ccn(C)n2)c1. The van der Waals surface area contributed by atoms with Crippen molar-refractivity contribution in [3.05, 3.63) is 42.2 Å². The van der Waals surface area contributed by atoms with E-state index < -0.39 is 0 Å². The molecule has 0 atom stereocenters. The molecule has 2 N–H and O–H groups in total. The van der Waals surface area contributed by atoms with Crippen molar-refractivity contribution in [3.8, 4) is 0 Å². The van der Waals surface area contributed by atoms with Gasteiger partial charge in [-0.15, -0.1) is 0 Å². The number of aryl methyl sites for hydroxylation is 1. The van der Waals surface area contributed by atoms with Crippen molar-refractivity contribution in [2.45, 2.75) is 13.5 Å². The molecule has 2 rings (SSSR count). The number of hydrogen-bond acceptors (Lipinski definition) is 3. The highest BCUT2D eigenvalue weighted by Crippen LogP contribution is 2.15. The van der Waals surface area contributed by atoms with Crippen molar-refractivity contribution >= 4 is 17.3 Å². The van der Waals surface area contributed by atoms with Crippen LogP contribution in [0.25, 0.3) is 0 Å². The number of rotatable bonds is 4. The molecule has 0 bridgehead atoms. The maximum absolute atomic E-state index is 11.0. The third-order valence-electron chi connectivity index (χ3n) is 2.43. The van der Waals surface area contributed by atoms with Gasteiger partial charge in [0.2, 0.25) is 5.91 Å². The van der Waals surface area contributed by atoms with E-state index >= 15 is 0 Å². The van der Waals surface area contributed by atoms with Crippen LogP contribution >= 0.6 is 0 Å². The fourth-order valence-electron chi connectivity index (χ4n) is 1.66. The van der Waals surface area contributed by atoms with Gasteiger partial charge in [-0.3, -0.25) is 9.48 Å². The van der Waals surface area contributed by atoms with Crippen LogP contribution < -0.4 is 10.6 Å². The molecule has 5 heteroatoms. The first-order valence-electron chi connectivity index (χ1n) is 5.73. The molecule has 0 aliphatic rings. The maximum Gasteiger partial charge on any atom is 0.221 e. The van der Waals surface area contributed by atoms with Crippen LogP contribution in [-0.2, 0) is 18.4 Å². The molecule has 1 amide bonds. The topological polar surface area (TPSA) is 59.0 Å². The van der Waals surface area contributed by atoms with E-state index in [2.05, 4.69) is 15.7 Å². The lowest BCUT2D eigenvalue weighted by Gasteiger charge is -2.07. The average molecular weight is 244 g/mol. The van der Waals surface area contributed by atoms with Crippen LogP contribution in [0.15, 0.2) is 36.5 Å². The highest BCUT2D eigenvalue weighted by molar-refractivity contribution is 5.89. The number of nitrogens with one attached hydrogen (secondary N) is 2. The Morgan fingerprint density at radius 2 is 2.11 bits per heavy atom. The zero-order chi connectivity index (χ0) is 13.0. The summed E-state index contributed by atoms with van der Waals surface area (Å²) in [5.74, 6) is -0.0723. The fourth-order valence-corrected chi connectivity index (χ4v) is 1.66. The van der Waals surface area contributed by atoms with Gasteiger partial charge in [0.25, 0.3) is 0 Å². The number of amides is 1. The van der Waals surface area contributed by atoms with Crippen molar-refractivity contribution in [2.24, 2.45) is 7.05 Å². The minimum Gasteiger partial charge on any atom is -0.379 e. The summed E-state index contributed by atoms with van der Waals surface area (Å²) in [7, 11) is 1.89. The molecule has 0 radical (unpaired) electrons. The Balaban J connectivity index is 1.98. The molecule has 0 aliphatic heterocycles. The van der Waals surface area contributed by atoms with Crippen molar-refractivity contribution in [1.29, 1.82) is 0 Å². The number of carbonyl (C=O) groups is 1. The highest BCUT2D eigenvalue weighted by Gasteiger charge is 1.99. The van der Waals surface area contributed by atoms with Gasteiger partial charge in [-0.05, 0) is 24.3 Å². The van der Waals surface area contributed by atoms with E-state index in [4.69, 9.17) is 0 Å². The summed E-state index contributed by atoms with van der Waals surface area (Å²) < 4.78 is 1.77. The van der Waals surface area contributed by atoms with E-state index in [1.165, 1.54) is 6.92 Å². The molecular weight excluding hydrogens is 228 g/mol. The summed E-state index contributed by atoms with van der Waals surface area (Å²) in [4.78, 5) is 11.0. The summed E-state index contributed by atoms with van der Waals surface area (Å²) in [5.41, 5.74) is 2.71. The van der Waals surface area contributed by atoms with Crippen LogP contribution in [0.5, 0.6) is 0 Å². The van der Waals surface area contributed by atoms with E-state index in [0.29, 0.717) is 6.54 Å². The van der Waals surface area contributed by atoms with Crippen molar-refractivity contribution in [1.82, 2.24) is 9.78 Å². The van der Waals surface area contributed by atoms with E-state index in [0.717, 1.165) is 17.1 Å². The predicted molar refractivity (Wildman–Crippen MR) is 71.3 cm³/mol. The second-order valence-corrected chi connectivity index (χ2v) is 4.10. The standard InChI is InChI=1S/C13H16N4O/c1-10(18)15-12-5-3-4-11(8-12)14-9-13-6-7-17(2)16-13/h3-8,14H,9H2,1-2H3,(H,15,18). The summed E-state index contributed by atoms with van der Waals surface area (Å²) >= 11 is 0. The zero-order valence-corrected chi connectivity index (χ0v) is 10.5. The molecule has 0 saturated carbocycles. The van der Waals surface area contributed by atoms with Gasteiger partial charge in [0, 0.05) is 31.5 Å². The van der Waals surface area contributed by atoms with Crippen LogP contribution in [0.2, 0.25) is 0 Å². The molecule has 94 valence electrons. The predicted octanol–water partition coefficient (Wildman–Crippen LogP) is 1.99. The van der Waals surface area contributed by atoms with Crippen LogP contribution in [0.1, 0.15) is 12.6 Å². The Hall–Kier alpha value is -2.30. The lowest BCUT2D eigenvalue weighted by molar-refractivity contribution is -0.114. The summed E-state index contributed by atoms with van der Waals surface area (Å²) in [6.07, 6.45) is 1.91. The first-order chi connectivity index (χ1) is 8.63. The van der Waals surface area contributed by atoms with Gasteiger partial charge in [0.1, 0.15) is 0 Å². The summed E-state index contributed by atoms with van der Waals surface area (Å²) in [6, 6.07) is 9.56. The van der Waals surface area contributed by atoms with Gasteiger partial charge < -0.3 is 10.6 Å². The Kier molecular flexibility index (Phi) is 3.62. The number of aromatic nitrogens is 2. The number of carbonyl (C=O) groups excluding carboxylic acids is 1. The molecule has 5 nitrogen and oxygen atoms in total. The zero-order valence-electron chi connectivity index (χ0n) is 10.5. The molecule has 1 heterocycles. The molecule has 2 aromatic rings. The molecule has 0 aliphatic carbocycles. The number of hydrogen-bond donors (Lipinski definition) is 2. The van der Waals surface area contributed by atoms with Crippen molar-refractivity contribution in [2.75, 3.05) is 10.6 Å². The third-order valence-corrected chi connectivity index (χ3v) is 2.43. The fraction of sp³-hybridized carbons (Fsp3) is 0.231. The quantitative estimate of drug-likeness (QED) is 0.864. The van der Waals surface area contributed by atoms with Gasteiger partial charge >= 0.3 is 0 Å². The van der Waals surface area contributed by atoms with Gasteiger partial charge in [-0.2, -0.15) is 5.10 Å². The smallest absolute Gasteiger partial charge is 0.221 e. The molecule has 0 saturated heterocycles. The Labute approximate surface area is 106 Å². The first-order valence-corrected chi connectivity index (χ1v) is 5.73. The Morgan fingerprint density at radius 3 is 2.78 bits per heavy atom. The number of benzene rings is 1. The highest BCUT2D eigenvalue weighted by atomic mass is 16.1. The molecule has 1 aromatic carbocycles. The van der Waals surface area contributed by atoms with Crippen LogP contribution in [0.4, 0.5) is 11.4 Å². The normalized spacial score (nSPS) is 10.1. The number of anilines is 2. The van der Waals surface area contributed by atoms with Gasteiger partial charge in [-0.25, -0.2) is 0 Å². The molecule has 1 aromatic heterocycles. The monoisotopic (exact) mass is 244 g/mol. The van der Waals surface area contributed by atoms with E-state index in [-0.39, 0.29) is 5.91 Å². The molecule has 18 heavy (non-hydrogen) atoms. The molecule has 0 fully saturated rings. The molecular formula is C13H16N4O. The van der Waals surface area contributed by atoms with Crippen LogP contribution in [0.3, 0.4) is 0 Å². The van der Waals surface area contributed by atoms with E-state index in [1.807, 2.05) is 43.6 Å². The van der Waals surface area contributed by atoms with Crippen LogP contribution in [0, 0.1) is 0 Å². The Bertz CT molecular complexity index is 547. The molecule has 0 spiro atoms. The molecule has 0 unspecified atom stereocenters. The van der Waals surface area contributed by atoms with E-state index in [9.17, 15) is 4.79 Å².